The average molecular weight is 182 g/mol. The van der Waals surface area contributed by atoms with Crippen LogP contribution >= 0.6 is 0 Å². The third kappa shape index (κ3) is 2.99. The van der Waals surface area contributed by atoms with E-state index in [4.69, 9.17) is 10.2 Å². The first-order valence-corrected chi connectivity index (χ1v) is 4.13. The zero-order valence-corrected chi connectivity index (χ0v) is 8.13. The van der Waals surface area contributed by atoms with Gasteiger partial charge >= 0.3 is 0 Å². The molecule has 0 unspecified atom stereocenters. The SMILES string of the molecule is Cc1ncc(C(=O)CC(C)(C)N)o1. The van der Waals surface area contributed by atoms with E-state index in [-0.39, 0.29) is 18.0 Å². The molecule has 4 heteroatoms. The van der Waals surface area contributed by atoms with E-state index in [1.807, 2.05) is 0 Å². The lowest BCUT2D eigenvalue weighted by Crippen LogP contribution is -2.34. The monoisotopic (exact) mass is 182 g/mol. The number of carbonyl (C=O) groups is 1. The molecule has 1 aromatic heterocycles. The first kappa shape index (κ1) is 9.92. The predicted molar refractivity (Wildman–Crippen MR) is 48.5 cm³/mol. The Hall–Kier alpha value is -1.16. The summed E-state index contributed by atoms with van der Waals surface area (Å²) in [5, 5.41) is 0. The van der Waals surface area contributed by atoms with Gasteiger partial charge in [-0.1, -0.05) is 0 Å². The van der Waals surface area contributed by atoms with Crippen LogP contribution in [0.25, 0.3) is 0 Å². The molecule has 0 aliphatic heterocycles. The Bertz CT molecular complexity index is 310. The molecular weight excluding hydrogens is 168 g/mol. The van der Waals surface area contributed by atoms with Crippen molar-refractivity contribution in [3.05, 3.63) is 17.8 Å². The standard InChI is InChI=1S/C9H14N2O2/c1-6-11-5-8(13-6)7(12)4-9(2,3)10/h5H,4,10H2,1-3H3. The second-order valence-electron chi connectivity index (χ2n) is 3.83. The fourth-order valence-electron chi connectivity index (χ4n) is 0.991. The number of aryl methyl sites for hydroxylation is 1. The Labute approximate surface area is 77.1 Å². The molecule has 0 bridgehead atoms. The summed E-state index contributed by atoms with van der Waals surface area (Å²) in [5.74, 6) is 0.683. The van der Waals surface area contributed by atoms with Gasteiger partial charge in [0, 0.05) is 18.9 Å². The second-order valence-corrected chi connectivity index (χ2v) is 3.83. The number of rotatable bonds is 3. The lowest BCUT2D eigenvalue weighted by atomic mass is 9.98. The lowest BCUT2D eigenvalue weighted by molar-refractivity contribution is 0.0931. The van der Waals surface area contributed by atoms with Gasteiger partial charge in [0.25, 0.3) is 0 Å². The maximum Gasteiger partial charge on any atom is 0.201 e. The van der Waals surface area contributed by atoms with E-state index in [0.717, 1.165) is 0 Å². The van der Waals surface area contributed by atoms with Gasteiger partial charge in [-0.2, -0.15) is 0 Å². The van der Waals surface area contributed by atoms with E-state index < -0.39 is 5.54 Å². The Balaban J connectivity index is 2.70. The Morgan fingerprint density at radius 2 is 2.31 bits per heavy atom. The molecular formula is C9H14N2O2. The number of nitrogens with two attached hydrogens (primary N) is 1. The van der Waals surface area contributed by atoms with Crippen LogP contribution in [0.15, 0.2) is 10.6 Å². The van der Waals surface area contributed by atoms with E-state index >= 15 is 0 Å². The average Bonchev–Trinajstić information content (AvgIpc) is 2.31. The summed E-state index contributed by atoms with van der Waals surface area (Å²) in [6, 6.07) is 0. The molecule has 0 aliphatic rings. The number of carbonyl (C=O) groups excluding carboxylic acids is 1. The molecule has 4 nitrogen and oxygen atoms in total. The van der Waals surface area contributed by atoms with Crippen LogP contribution in [0.1, 0.15) is 36.7 Å². The quantitative estimate of drug-likeness (QED) is 0.715. The van der Waals surface area contributed by atoms with Gasteiger partial charge in [0.05, 0.1) is 6.20 Å². The molecule has 0 amide bonds. The van der Waals surface area contributed by atoms with Crippen LogP contribution in [0.2, 0.25) is 0 Å². The van der Waals surface area contributed by atoms with Gasteiger partial charge in [-0.25, -0.2) is 4.98 Å². The molecule has 0 spiro atoms. The normalized spacial score (nSPS) is 11.7. The summed E-state index contributed by atoms with van der Waals surface area (Å²) in [4.78, 5) is 15.3. The molecule has 72 valence electrons. The van der Waals surface area contributed by atoms with Crippen LogP contribution < -0.4 is 5.73 Å². The summed E-state index contributed by atoms with van der Waals surface area (Å²) >= 11 is 0. The van der Waals surface area contributed by atoms with Crippen LogP contribution in [0.3, 0.4) is 0 Å². The first-order valence-electron chi connectivity index (χ1n) is 4.13. The van der Waals surface area contributed by atoms with Gasteiger partial charge < -0.3 is 10.2 Å². The smallest absolute Gasteiger partial charge is 0.201 e. The first-order chi connectivity index (χ1) is 5.88. The van der Waals surface area contributed by atoms with Crippen molar-refractivity contribution >= 4 is 5.78 Å². The summed E-state index contributed by atoms with van der Waals surface area (Å²) in [7, 11) is 0. The van der Waals surface area contributed by atoms with Gasteiger partial charge in [-0.05, 0) is 13.8 Å². The maximum atomic E-state index is 11.5. The molecule has 1 rings (SSSR count). The summed E-state index contributed by atoms with van der Waals surface area (Å²) in [6.07, 6.45) is 1.70. The minimum absolute atomic E-state index is 0.104. The minimum Gasteiger partial charge on any atom is -0.438 e. The maximum absolute atomic E-state index is 11.5. The van der Waals surface area contributed by atoms with Gasteiger partial charge in [0.15, 0.2) is 11.7 Å². The van der Waals surface area contributed by atoms with E-state index in [9.17, 15) is 4.79 Å². The zero-order chi connectivity index (χ0) is 10.1. The predicted octanol–water partition coefficient (Wildman–Crippen LogP) is 1.29. The highest BCUT2D eigenvalue weighted by Gasteiger charge is 2.20. The highest BCUT2D eigenvalue weighted by atomic mass is 16.4. The number of Topliss-reactive ketones (excluding diaryl/α,β-unsaturated/α-hetero) is 1. The van der Waals surface area contributed by atoms with E-state index in [1.165, 1.54) is 6.20 Å². The molecule has 0 atom stereocenters. The van der Waals surface area contributed by atoms with E-state index in [1.54, 1.807) is 20.8 Å². The van der Waals surface area contributed by atoms with Crippen LogP contribution in [-0.2, 0) is 0 Å². The molecule has 0 fully saturated rings. The molecule has 1 aromatic rings. The number of oxazole rings is 1. The third-order valence-corrected chi connectivity index (χ3v) is 1.51. The molecule has 2 N–H and O–H groups in total. The number of hydrogen-bond donors (Lipinski definition) is 1. The van der Waals surface area contributed by atoms with Crippen LogP contribution in [-0.4, -0.2) is 16.3 Å². The summed E-state index contributed by atoms with van der Waals surface area (Å²) in [6.45, 7) is 5.30. The summed E-state index contributed by atoms with van der Waals surface area (Å²) in [5.41, 5.74) is 5.20. The van der Waals surface area contributed by atoms with Crippen molar-refractivity contribution in [2.24, 2.45) is 5.73 Å². The molecule has 0 aliphatic carbocycles. The van der Waals surface area contributed by atoms with Crippen LogP contribution in [0.5, 0.6) is 0 Å². The van der Waals surface area contributed by atoms with E-state index in [2.05, 4.69) is 4.98 Å². The van der Waals surface area contributed by atoms with Crippen molar-refractivity contribution in [2.45, 2.75) is 32.7 Å². The number of aromatic nitrogens is 1. The molecule has 0 saturated carbocycles. The van der Waals surface area contributed by atoms with Crippen molar-refractivity contribution in [1.29, 1.82) is 0 Å². The molecule has 0 radical (unpaired) electrons. The van der Waals surface area contributed by atoms with Crippen molar-refractivity contribution in [2.75, 3.05) is 0 Å². The highest BCUT2D eigenvalue weighted by molar-refractivity contribution is 5.93. The van der Waals surface area contributed by atoms with Gasteiger partial charge in [0.1, 0.15) is 0 Å². The Morgan fingerprint density at radius 1 is 1.69 bits per heavy atom. The number of nitrogens with zero attached hydrogens (tertiary/aromatic N) is 1. The van der Waals surface area contributed by atoms with Crippen molar-refractivity contribution in [1.82, 2.24) is 4.98 Å². The van der Waals surface area contributed by atoms with Gasteiger partial charge in [-0.3, -0.25) is 4.79 Å². The van der Waals surface area contributed by atoms with Crippen molar-refractivity contribution in [3.8, 4) is 0 Å². The number of hydrogen-bond acceptors (Lipinski definition) is 4. The van der Waals surface area contributed by atoms with E-state index in [0.29, 0.717) is 5.89 Å². The molecule has 13 heavy (non-hydrogen) atoms. The molecule has 0 aromatic carbocycles. The largest absolute Gasteiger partial charge is 0.438 e. The van der Waals surface area contributed by atoms with Gasteiger partial charge in [0.2, 0.25) is 5.78 Å². The fraction of sp³-hybridized carbons (Fsp3) is 0.556. The van der Waals surface area contributed by atoms with Crippen LogP contribution in [0.4, 0.5) is 0 Å². The molecule has 1 heterocycles. The summed E-state index contributed by atoms with van der Waals surface area (Å²) < 4.78 is 5.07. The number of ketones is 1. The Kier molecular flexibility index (Phi) is 2.52. The highest BCUT2D eigenvalue weighted by Crippen LogP contribution is 2.11. The lowest BCUT2D eigenvalue weighted by Gasteiger charge is -2.15. The zero-order valence-electron chi connectivity index (χ0n) is 8.13. The minimum atomic E-state index is -0.502. The van der Waals surface area contributed by atoms with Crippen molar-refractivity contribution in [3.63, 3.8) is 0 Å². The topological polar surface area (TPSA) is 69.1 Å². The van der Waals surface area contributed by atoms with Crippen molar-refractivity contribution < 1.29 is 9.21 Å². The van der Waals surface area contributed by atoms with Crippen LogP contribution in [0, 0.1) is 6.92 Å². The van der Waals surface area contributed by atoms with Gasteiger partial charge in [-0.15, -0.1) is 0 Å². The fourth-order valence-corrected chi connectivity index (χ4v) is 0.991. The third-order valence-electron chi connectivity index (χ3n) is 1.51. The molecule has 0 saturated heterocycles. The Morgan fingerprint density at radius 3 is 2.69 bits per heavy atom. The second kappa shape index (κ2) is 3.30.